The summed E-state index contributed by atoms with van der Waals surface area (Å²) < 4.78 is 39.1. The van der Waals surface area contributed by atoms with Crippen LogP contribution >= 0.6 is 0 Å². The van der Waals surface area contributed by atoms with Crippen LogP contribution in [0.25, 0.3) is 5.69 Å². The number of rotatable bonds is 12. The van der Waals surface area contributed by atoms with Gasteiger partial charge in [-0.3, -0.25) is 4.79 Å². The third-order valence-corrected chi connectivity index (χ3v) is 10.3. The molecule has 10 nitrogen and oxygen atoms in total. The number of aryl methyl sites for hydroxylation is 1. The van der Waals surface area contributed by atoms with Crippen molar-refractivity contribution >= 4 is 28.7 Å². The van der Waals surface area contributed by atoms with Crippen LogP contribution in [0.1, 0.15) is 106 Å². The summed E-state index contributed by atoms with van der Waals surface area (Å²) in [4.78, 5) is 26.2. The predicted octanol–water partition coefficient (Wildman–Crippen LogP) is 7.95. The van der Waals surface area contributed by atoms with Crippen LogP contribution in [0.5, 0.6) is 0 Å². The minimum absolute atomic E-state index is 0.0567. The van der Waals surface area contributed by atoms with E-state index < -0.39 is 44.7 Å². The molecule has 2 atom stereocenters. The second kappa shape index (κ2) is 15.4. The fraction of sp³-hybridized carbons (Fsp3) is 0.400. The van der Waals surface area contributed by atoms with Gasteiger partial charge in [0.1, 0.15) is 17.1 Å². The zero-order chi connectivity index (χ0) is 37.8. The number of carbonyl (C=O) groups excluding carboxylic acids is 2. The van der Waals surface area contributed by atoms with Gasteiger partial charge in [-0.25, -0.2) is 22.8 Å². The van der Waals surface area contributed by atoms with E-state index in [1.807, 2.05) is 32.9 Å². The molecule has 1 heterocycles. The highest BCUT2D eigenvalue weighted by Crippen LogP contribution is 2.43. The molecule has 12 heteroatoms. The summed E-state index contributed by atoms with van der Waals surface area (Å²) in [7, 11) is -1.55. The molecule has 4 aromatic rings. The van der Waals surface area contributed by atoms with Gasteiger partial charge in [-0.2, -0.15) is 10.4 Å². The Morgan fingerprint density at radius 1 is 1.00 bits per heavy atom. The fourth-order valence-corrected chi connectivity index (χ4v) is 6.79. The van der Waals surface area contributed by atoms with Crippen LogP contribution in [0.15, 0.2) is 72.8 Å². The van der Waals surface area contributed by atoms with E-state index in [1.165, 1.54) is 10.7 Å². The molecular formula is C40H47FN6O4S. The monoisotopic (exact) mass is 726 g/mol. The maximum atomic E-state index is 15.7. The Balaban J connectivity index is 1.49. The maximum Gasteiger partial charge on any atom is 0.407 e. The average Bonchev–Trinajstić information content (AvgIpc) is 3.83. The molecule has 52 heavy (non-hydrogen) atoms. The Kier molecular flexibility index (Phi) is 11.4. The summed E-state index contributed by atoms with van der Waals surface area (Å²) in [6.07, 6.45) is 3.04. The molecule has 274 valence electrons. The molecule has 1 unspecified atom stereocenters. The van der Waals surface area contributed by atoms with Crippen molar-refractivity contribution in [3.63, 3.8) is 0 Å². The number of ether oxygens (including phenoxy) is 1. The smallest absolute Gasteiger partial charge is 0.407 e. The summed E-state index contributed by atoms with van der Waals surface area (Å²) in [5, 5.41) is 19.8. The second-order valence-electron chi connectivity index (χ2n) is 15.3. The van der Waals surface area contributed by atoms with Gasteiger partial charge in [-0.15, -0.1) is 0 Å². The third-order valence-electron chi connectivity index (χ3n) is 8.69. The van der Waals surface area contributed by atoms with Gasteiger partial charge in [0.2, 0.25) is 0 Å². The number of halogens is 1. The third kappa shape index (κ3) is 9.52. The van der Waals surface area contributed by atoms with Gasteiger partial charge in [-0.1, -0.05) is 43.2 Å². The number of amides is 2. The Bertz CT molecular complexity index is 2020. The number of hydrogen-bond acceptors (Lipinski definition) is 6. The molecule has 1 aliphatic rings. The molecule has 3 aromatic carbocycles. The van der Waals surface area contributed by atoms with Crippen LogP contribution in [0.4, 0.5) is 14.9 Å². The zero-order valence-electron chi connectivity index (χ0n) is 30.8. The summed E-state index contributed by atoms with van der Waals surface area (Å²) in [5.74, 6) is -0.706. The molecule has 0 saturated heterocycles. The number of nitriles is 1. The summed E-state index contributed by atoms with van der Waals surface area (Å²) in [6.45, 7) is 12.9. The van der Waals surface area contributed by atoms with E-state index in [0.717, 1.165) is 30.4 Å². The van der Waals surface area contributed by atoms with Crippen molar-refractivity contribution in [1.82, 2.24) is 19.8 Å². The molecule has 0 spiro atoms. The molecule has 1 fully saturated rings. The van der Waals surface area contributed by atoms with Crippen LogP contribution < -0.4 is 15.4 Å². The average molecular weight is 727 g/mol. The number of benzene rings is 3. The standard InChI is InChI=1S/C40H47FN6O4S/c1-26-20-35(47(45-26)32-13-9-11-29(22-32)25-43-37(49)51-38(2,3)4)36(48)44-34-23-31(16-17-33(34)41)40(19-18-27-14-15-27,46-52(50)39(5,6)7)30-12-8-10-28(21-30)24-42/h8-13,16-17,20-23,27,46H,14-15,18-19,25H2,1-7H3,(H,43,49)(H,44,48)/t40?,52-/m0/s1. The molecule has 1 aliphatic carbocycles. The zero-order valence-corrected chi connectivity index (χ0v) is 31.6. The molecule has 5 rings (SSSR count). The molecule has 0 bridgehead atoms. The van der Waals surface area contributed by atoms with E-state index >= 15 is 4.39 Å². The van der Waals surface area contributed by atoms with Crippen molar-refractivity contribution < 1.29 is 22.9 Å². The van der Waals surface area contributed by atoms with E-state index in [-0.39, 0.29) is 17.9 Å². The number of hydrogen-bond donors (Lipinski definition) is 3. The maximum absolute atomic E-state index is 15.7. The fourth-order valence-electron chi connectivity index (χ4n) is 5.83. The Morgan fingerprint density at radius 3 is 2.38 bits per heavy atom. The van der Waals surface area contributed by atoms with E-state index in [9.17, 15) is 19.1 Å². The number of anilines is 1. The van der Waals surface area contributed by atoms with Gasteiger partial charge in [0.15, 0.2) is 0 Å². The topological polar surface area (TPSA) is 138 Å². The molecule has 0 aliphatic heterocycles. The molecule has 3 N–H and O–H groups in total. The second-order valence-corrected chi connectivity index (χ2v) is 17.3. The van der Waals surface area contributed by atoms with Gasteiger partial charge in [0.25, 0.3) is 5.91 Å². The van der Waals surface area contributed by atoms with Crippen LogP contribution in [-0.2, 0) is 27.8 Å². The SMILES string of the molecule is Cc1cc(C(=O)Nc2cc(C(CCC3CC3)(N[S@@](=O)C(C)(C)C)c3cccc(C#N)c3)ccc2F)n(-c2cccc(CNC(=O)OC(C)(C)C)c2)n1. The van der Waals surface area contributed by atoms with Gasteiger partial charge < -0.3 is 15.4 Å². The number of alkyl carbamates (subject to hydrolysis) is 1. The Morgan fingerprint density at radius 2 is 1.71 bits per heavy atom. The molecule has 2 amide bonds. The predicted molar refractivity (Wildman–Crippen MR) is 201 cm³/mol. The summed E-state index contributed by atoms with van der Waals surface area (Å²) >= 11 is 0. The van der Waals surface area contributed by atoms with Crippen LogP contribution in [0.2, 0.25) is 0 Å². The highest BCUT2D eigenvalue weighted by atomic mass is 32.2. The summed E-state index contributed by atoms with van der Waals surface area (Å²) in [5.41, 5.74) is 2.09. The van der Waals surface area contributed by atoms with Gasteiger partial charge in [-0.05, 0) is 126 Å². The molecule has 1 aromatic heterocycles. The largest absolute Gasteiger partial charge is 0.444 e. The van der Waals surface area contributed by atoms with Crippen LogP contribution in [0, 0.1) is 30.0 Å². The van der Waals surface area contributed by atoms with Gasteiger partial charge >= 0.3 is 6.09 Å². The van der Waals surface area contributed by atoms with Crippen molar-refractivity contribution in [3.05, 3.63) is 112 Å². The first-order valence-electron chi connectivity index (χ1n) is 17.4. The summed E-state index contributed by atoms with van der Waals surface area (Å²) in [6, 6.07) is 22.7. The quantitative estimate of drug-likeness (QED) is 0.136. The van der Waals surface area contributed by atoms with Crippen molar-refractivity contribution in [2.24, 2.45) is 5.92 Å². The van der Waals surface area contributed by atoms with E-state index in [1.54, 1.807) is 82.3 Å². The molecule has 1 saturated carbocycles. The van der Waals surface area contributed by atoms with Crippen molar-refractivity contribution in [2.75, 3.05) is 5.32 Å². The highest BCUT2D eigenvalue weighted by molar-refractivity contribution is 7.84. The lowest BCUT2D eigenvalue weighted by Gasteiger charge is -2.38. The van der Waals surface area contributed by atoms with Crippen molar-refractivity contribution in [2.45, 2.75) is 96.6 Å². The molecule has 0 radical (unpaired) electrons. The first-order chi connectivity index (χ1) is 24.5. The first kappa shape index (κ1) is 38.4. The molecular weight excluding hydrogens is 680 g/mol. The van der Waals surface area contributed by atoms with Gasteiger partial charge in [0.05, 0.1) is 50.0 Å². The number of nitrogens with zero attached hydrogens (tertiary/aromatic N) is 3. The number of nitrogens with one attached hydrogen (secondary N) is 3. The number of carbonyl (C=O) groups is 2. The van der Waals surface area contributed by atoms with Crippen LogP contribution in [-0.4, -0.2) is 36.3 Å². The lowest BCUT2D eigenvalue weighted by Crippen LogP contribution is -2.49. The van der Waals surface area contributed by atoms with Gasteiger partial charge in [0, 0.05) is 6.54 Å². The van der Waals surface area contributed by atoms with Crippen molar-refractivity contribution in [3.8, 4) is 11.8 Å². The minimum atomic E-state index is -1.55. The highest BCUT2D eigenvalue weighted by Gasteiger charge is 2.40. The lowest BCUT2D eigenvalue weighted by molar-refractivity contribution is 0.0523. The Labute approximate surface area is 307 Å². The normalized spacial score (nSPS) is 14.9. The van der Waals surface area contributed by atoms with Crippen molar-refractivity contribution in [1.29, 1.82) is 5.26 Å². The Hall–Kier alpha value is -4.86. The lowest BCUT2D eigenvalue weighted by atomic mass is 9.79. The number of aromatic nitrogens is 2. The minimum Gasteiger partial charge on any atom is -0.444 e. The van der Waals surface area contributed by atoms with E-state index in [4.69, 9.17) is 4.74 Å². The van der Waals surface area contributed by atoms with Crippen LogP contribution in [0.3, 0.4) is 0 Å². The van der Waals surface area contributed by atoms with E-state index in [2.05, 4.69) is 26.5 Å². The first-order valence-corrected chi connectivity index (χ1v) is 18.6. The van der Waals surface area contributed by atoms with E-state index in [0.29, 0.717) is 34.8 Å².